The van der Waals surface area contributed by atoms with E-state index >= 15 is 0 Å². The van der Waals surface area contributed by atoms with Crippen LogP contribution in [0.5, 0.6) is 0 Å². The monoisotopic (exact) mass is 215 g/mol. The molecular formula is C7H9N3OS2. The van der Waals surface area contributed by atoms with E-state index in [0.29, 0.717) is 0 Å². The van der Waals surface area contributed by atoms with Gasteiger partial charge in [0.1, 0.15) is 6.10 Å². The lowest BCUT2D eigenvalue weighted by Crippen LogP contribution is -2.46. The first-order valence-electron chi connectivity index (χ1n) is 3.57. The molecule has 0 bridgehead atoms. The van der Waals surface area contributed by atoms with Gasteiger partial charge < -0.3 is 0 Å². The number of nitriles is 2. The van der Waals surface area contributed by atoms with Crippen LogP contribution in [0.3, 0.4) is 0 Å². The van der Waals surface area contributed by atoms with Gasteiger partial charge in [-0.05, 0) is 13.8 Å². The van der Waals surface area contributed by atoms with Gasteiger partial charge in [0.05, 0.1) is 16.9 Å². The molecule has 1 aliphatic heterocycles. The Hall–Kier alpha value is -0.400. The Morgan fingerprint density at radius 1 is 1.31 bits per heavy atom. The van der Waals surface area contributed by atoms with Gasteiger partial charge in [-0.3, -0.25) is 4.84 Å². The van der Waals surface area contributed by atoms with Crippen molar-refractivity contribution in [1.82, 2.24) is 0 Å². The summed E-state index contributed by atoms with van der Waals surface area (Å²) >= 11 is 0. The van der Waals surface area contributed by atoms with Crippen molar-refractivity contribution in [2.24, 2.45) is 5.90 Å². The highest BCUT2D eigenvalue weighted by atomic mass is 33.1. The molecule has 0 radical (unpaired) electrons. The summed E-state index contributed by atoms with van der Waals surface area (Å²) in [5, 5.41) is 17.8. The maximum atomic E-state index is 8.91. The van der Waals surface area contributed by atoms with Gasteiger partial charge in [0.15, 0.2) is 0 Å². The van der Waals surface area contributed by atoms with Crippen LogP contribution in [0.2, 0.25) is 0 Å². The molecule has 1 rings (SSSR count). The molecule has 0 saturated carbocycles. The summed E-state index contributed by atoms with van der Waals surface area (Å²) in [6.45, 7) is 3.80. The Morgan fingerprint density at radius 2 is 1.85 bits per heavy atom. The molecule has 1 aliphatic rings. The minimum absolute atomic E-state index is 0.315. The SMILES string of the molecule is CC1(C)SSC(C#N)(C#N)C1ON. The van der Waals surface area contributed by atoms with Crippen molar-refractivity contribution in [2.45, 2.75) is 29.4 Å². The molecule has 1 fully saturated rings. The predicted octanol–water partition coefficient (Wildman–Crippen LogP) is 1.20. The second-order valence-corrected chi connectivity index (χ2v) is 6.27. The molecule has 1 heterocycles. The van der Waals surface area contributed by atoms with Gasteiger partial charge in [-0.15, -0.1) is 0 Å². The first-order valence-corrected chi connectivity index (χ1v) is 5.72. The second-order valence-electron chi connectivity index (χ2n) is 3.25. The number of hydrogen-bond donors (Lipinski definition) is 1. The standard InChI is InChI=1S/C7H9N3OS2/c1-6(2)5(11-10)7(3-8,4-9)13-12-6/h5H,10H2,1-2H3. The first kappa shape index (κ1) is 10.7. The normalized spacial score (nSPS) is 29.2. The van der Waals surface area contributed by atoms with E-state index in [-0.39, 0.29) is 4.75 Å². The molecule has 1 atom stereocenters. The van der Waals surface area contributed by atoms with E-state index < -0.39 is 10.9 Å². The zero-order valence-corrected chi connectivity index (χ0v) is 8.91. The fourth-order valence-corrected chi connectivity index (χ4v) is 4.23. The zero-order valence-electron chi connectivity index (χ0n) is 7.27. The molecule has 0 aromatic rings. The zero-order chi connectivity index (χ0) is 10.1. The average molecular weight is 215 g/mol. The summed E-state index contributed by atoms with van der Waals surface area (Å²) in [6, 6.07) is 3.92. The fourth-order valence-electron chi connectivity index (χ4n) is 1.19. The molecule has 2 N–H and O–H groups in total. The highest BCUT2D eigenvalue weighted by Gasteiger charge is 2.57. The van der Waals surface area contributed by atoms with Crippen molar-refractivity contribution in [3.05, 3.63) is 0 Å². The summed E-state index contributed by atoms with van der Waals surface area (Å²) in [7, 11) is 2.67. The molecular weight excluding hydrogens is 206 g/mol. The lowest BCUT2D eigenvalue weighted by molar-refractivity contribution is 0.0307. The van der Waals surface area contributed by atoms with Crippen LogP contribution in [0.4, 0.5) is 0 Å². The number of nitrogens with two attached hydrogens (primary N) is 1. The van der Waals surface area contributed by atoms with Crippen LogP contribution in [0.25, 0.3) is 0 Å². The molecule has 4 nitrogen and oxygen atoms in total. The van der Waals surface area contributed by atoms with Crippen molar-refractivity contribution in [3.63, 3.8) is 0 Å². The van der Waals surface area contributed by atoms with Crippen LogP contribution in [0.1, 0.15) is 13.8 Å². The minimum Gasteiger partial charge on any atom is -0.296 e. The molecule has 0 aromatic carbocycles. The van der Waals surface area contributed by atoms with Crippen molar-refractivity contribution in [3.8, 4) is 12.1 Å². The Labute approximate surface area is 84.8 Å². The van der Waals surface area contributed by atoms with E-state index in [2.05, 4.69) is 0 Å². The van der Waals surface area contributed by atoms with E-state index in [4.69, 9.17) is 21.3 Å². The van der Waals surface area contributed by atoms with Crippen LogP contribution < -0.4 is 5.90 Å². The van der Waals surface area contributed by atoms with Gasteiger partial charge in [0.2, 0.25) is 4.75 Å². The van der Waals surface area contributed by atoms with Crippen molar-refractivity contribution in [2.75, 3.05) is 0 Å². The highest BCUT2D eigenvalue weighted by molar-refractivity contribution is 8.78. The Bertz CT molecular complexity index is 277. The molecule has 0 amide bonds. The van der Waals surface area contributed by atoms with E-state index in [1.807, 2.05) is 26.0 Å². The van der Waals surface area contributed by atoms with Crippen LogP contribution in [0.15, 0.2) is 0 Å². The minimum atomic E-state index is -1.18. The lowest BCUT2D eigenvalue weighted by atomic mass is 9.94. The number of rotatable bonds is 1. The lowest BCUT2D eigenvalue weighted by Gasteiger charge is -2.26. The quantitative estimate of drug-likeness (QED) is 0.523. The summed E-state index contributed by atoms with van der Waals surface area (Å²) in [6.07, 6.45) is -0.565. The van der Waals surface area contributed by atoms with Gasteiger partial charge >= 0.3 is 0 Å². The van der Waals surface area contributed by atoms with Gasteiger partial charge in [-0.1, -0.05) is 21.6 Å². The molecule has 1 unspecified atom stereocenters. The maximum Gasteiger partial charge on any atom is 0.227 e. The van der Waals surface area contributed by atoms with Crippen LogP contribution in [-0.2, 0) is 4.84 Å². The Balaban J connectivity index is 3.07. The molecule has 1 saturated heterocycles. The van der Waals surface area contributed by atoms with Gasteiger partial charge in [0.25, 0.3) is 0 Å². The second kappa shape index (κ2) is 3.39. The summed E-state index contributed by atoms with van der Waals surface area (Å²) in [5.74, 6) is 5.11. The van der Waals surface area contributed by atoms with Gasteiger partial charge in [-0.25, -0.2) is 5.90 Å². The van der Waals surface area contributed by atoms with Crippen LogP contribution in [0, 0.1) is 22.7 Å². The third-order valence-electron chi connectivity index (χ3n) is 1.86. The van der Waals surface area contributed by atoms with E-state index in [9.17, 15) is 0 Å². The maximum absolute atomic E-state index is 8.91. The summed E-state index contributed by atoms with van der Waals surface area (Å²) in [4.78, 5) is 4.74. The topological polar surface area (TPSA) is 82.8 Å². The van der Waals surface area contributed by atoms with Crippen LogP contribution >= 0.6 is 21.6 Å². The molecule has 13 heavy (non-hydrogen) atoms. The predicted molar refractivity (Wildman–Crippen MR) is 52.3 cm³/mol. The summed E-state index contributed by atoms with van der Waals surface area (Å²) < 4.78 is -1.49. The Kier molecular flexibility index (Phi) is 2.79. The van der Waals surface area contributed by atoms with Crippen molar-refractivity contribution in [1.29, 1.82) is 10.5 Å². The Morgan fingerprint density at radius 3 is 2.15 bits per heavy atom. The fraction of sp³-hybridized carbons (Fsp3) is 0.714. The average Bonchev–Trinajstić information content (AvgIpc) is 2.37. The van der Waals surface area contributed by atoms with E-state index in [1.54, 1.807) is 0 Å². The molecule has 0 aromatic heterocycles. The van der Waals surface area contributed by atoms with Crippen molar-refractivity contribution >= 4 is 21.6 Å². The first-order chi connectivity index (χ1) is 6.02. The summed E-state index contributed by atoms with van der Waals surface area (Å²) in [5.41, 5.74) is 0. The number of hydrogen-bond acceptors (Lipinski definition) is 6. The van der Waals surface area contributed by atoms with Gasteiger partial charge in [0, 0.05) is 0 Å². The third kappa shape index (κ3) is 1.51. The van der Waals surface area contributed by atoms with Gasteiger partial charge in [-0.2, -0.15) is 10.5 Å². The molecule has 0 spiro atoms. The highest BCUT2D eigenvalue weighted by Crippen LogP contribution is 2.57. The van der Waals surface area contributed by atoms with E-state index in [0.717, 1.165) is 0 Å². The smallest absolute Gasteiger partial charge is 0.227 e. The third-order valence-corrected chi connectivity index (χ3v) is 5.57. The molecule has 6 heteroatoms. The van der Waals surface area contributed by atoms with Crippen LogP contribution in [-0.4, -0.2) is 15.6 Å². The van der Waals surface area contributed by atoms with E-state index in [1.165, 1.54) is 21.6 Å². The molecule has 0 aliphatic carbocycles. The largest absolute Gasteiger partial charge is 0.296 e. The van der Waals surface area contributed by atoms with Crippen molar-refractivity contribution < 1.29 is 4.84 Å². The molecule has 70 valence electrons. The number of nitrogens with zero attached hydrogens (tertiary/aromatic N) is 2.